The minimum absolute atomic E-state index is 0.116. The van der Waals surface area contributed by atoms with Crippen LogP contribution in [0.2, 0.25) is 0 Å². The van der Waals surface area contributed by atoms with Crippen molar-refractivity contribution >= 4 is 81.3 Å². The second-order valence-electron chi connectivity index (χ2n) is 7.75. The van der Waals surface area contributed by atoms with E-state index < -0.39 is 13.6 Å². The van der Waals surface area contributed by atoms with E-state index in [0.717, 1.165) is 31.6 Å². The number of anilines is 1. The van der Waals surface area contributed by atoms with E-state index in [9.17, 15) is 4.79 Å². The smallest absolute Gasteiger partial charge is 0.343 e. The molecule has 1 aromatic heterocycles. The second kappa shape index (κ2) is 12.3. The van der Waals surface area contributed by atoms with Gasteiger partial charge in [-0.05, 0) is 61.4 Å². The van der Waals surface area contributed by atoms with Gasteiger partial charge in [0.1, 0.15) is 5.75 Å². The molecule has 1 heterocycles. The van der Waals surface area contributed by atoms with Gasteiger partial charge in [0.05, 0.1) is 5.56 Å². The molecule has 0 fully saturated rings. The third-order valence-corrected chi connectivity index (χ3v) is 5.93. The summed E-state index contributed by atoms with van der Waals surface area (Å²) in [5.74, 6) is -0.444. The molecule has 12 heteroatoms. The predicted molar refractivity (Wildman–Crippen MR) is 148 cm³/mol. The van der Waals surface area contributed by atoms with Gasteiger partial charge in [-0.3, -0.25) is 0 Å². The van der Waals surface area contributed by atoms with Crippen LogP contribution in [0.25, 0.3) is 11.4 Å². The highest BCUT2D eigenvalue weighted by Gasteiger charge is 2.34. The Morgan fingerprint density at radius 3 is 1.72 bits per heavy atom. The number of rotatable bonds is 8. The first-order valence-corrected chi connectivity index (χ1v) is 13.3. The first-order valence-electron chi connectivity index (χ1n) is 11.0. The molecule has 3 aromatic rings. The monoisotopic (exact) mass is 608 g/mol. The first-order chi connectivity index (χ1) is 16.9. The van der Waals surface area contributed by atoms with E-state index in [1.165, 1.54) is 0 Å². The molecule has 0 bridgehead atoms. The molecule has 6 nitrogen and oxygen atoms in total. The minimum Gasteiger partial charge on any atom is -0.423 e. The minimum atomic E-state index is -1.96. The summed E-state index contributed by atoms with van der Waals surface area (Å²) in [6, 6.07) is 13.8. The molecule has 0 N–H and O–H groups in total. The Labute approximate surface area is 239 Å². The molecule has 0 saturated carbocycles. The van der Waals surface area contributed by atoms with E-state index in [2.05, 4.69) is 33.7 Å². The number of carbonyl (C=O) groups excluding carboxylic acids is 1. The van der Waals surface area contributed by atoms with Crippen LogP contribution >= 0.6 is 69.6 Å². The fourth-order valence-electron chi connectivity index (χ4n) is 3.31. The summed E-state index contributed by atoms with van der Waals surface area (Å²) in [6.07, 6.45) is 2.09. The number of aromatic nitrogens is 3. The molecule has 0 saturated heterocycles. The van der Waals surface area contributed by atoms with E-state index in [4.69, 9.17) is 74.3 Å². The number of carbonyl (C=O) groups is 1. The molecule has 0 radical (unpaired) electrons. The van der Waals surface area contributed by atoms with Gasteiger partial charge in [0.2, 0.25) is 7.59 Å². The lowest BCUT2D eigenvalue weighted by atomic mass is 10.1. The van der Waals surface area contributed by atoms with E-state index >= 15 is 0 Å². The summed E-state index contributed by atoms with van der Waals surface area (Å²) < 4.78 is 1.59. The summed E-state index contributed by atoms with van der Waals surface area (Å²) in [5.41, 5.74) is 2.01. The normalized spacial score (nSPS) is 11.9. The van der Waals surface area contributed by atoms with Gasteiger partial charge >= 0.3 is 5.97 Å². The van der Waals surface area contributed by atoms with Crippen LogP contribution in [-0.2, 0) is 7.59 Å². The van der Waals surface area contributed by atoms with Crippen molar-refractivity contribution in [3.05, 3.63) is 65.7 Å². The number of ether oxygens (including phenoxy) is 1. The van der Waals surface area contributed by atoms with Crippen molar-refractivity contribution < 1.29 is 9.53 Å². The molecular weight excluding hydrogens is 589 g/mol. The average molecular weight is 611 g/mol. The molecular formula is C24H22Cl6N4O2. The van der Waals surface area contributed by atoms with Crippen molar-refractivity contribution in [1.82, 2.24) is 15.0 Å². The Morgan fingerprint density at radius 2 is 1.28 bits per heavy atom. The van der Waals surface area contributed by atoms with Crippen LogP contribution in [0.4, 0.5) is 5.69 Å². The van der Waals surface area contributed by atoms with Crippen LogP contribution in [0.5, 0.6) is 5.75 Å². The quantitative estimate of drug-likeness (QED) is 0.146. The van der Waals surface area contributed by atoms with Crippen molar-refractivity contribution in [3.63, 3.8) is 0 Å². The largest absolute Gasteiger partial charge is 0.423 e. The van der Waals surface area contributed by atoms with Crippen LogP contribution in [0, 0.1) is 0 Å². The lowest BCUT2D eigenvalue weighted by Gasteiger charge is -2.23. The van der Waals surface area contributed by atoms with E-state index in [0.29, 0.717) is 16.9 Å². The summed E-state index contributed by atoms with van der Waals surface area (Å²) >= 11 is 35.6. The number of hydrogen-bond donors (Lipinski definition) is 0. The van der Waals surface area contributed by atoms with Gasteiger partial charge in [0.25, 0.3) is 0 Å². The average Bonchev–Trinajstić information content (AvgIpc) is 2.83. The van der Waals surface area contributed by atoms with Crippen LogP contribution in [0.15, 0.2) is 48.5 Å². The lowest BCUT2D eigenvalue weighted by molar-refractivity contribution is 0.0735. The number of nitrogens with zero attached hydrogens (tertiary/aromatic N) is 4. The van der Waals surface area contributed by atoms with Gasteiger partial charge in [-0.1, -0.05) is 83.5 Å². The maximum absolute atomic E-state index is 12.7. The third kappa shape index (κ3) is 7.73. The Morgan fingerprint density at radius 1 is 0.778 bits per heavy atom. The molecule has 36 heavy (non-hydrogen) atoms. The van der Waals surface area contributed by atoms with Crippen molar-refractivity contribution in [2.75, 3.05) is 18.0 Å². The zero-order chi connectivity index (χ0) is 26.5. The number of esters is 1. The fraction of sp³-hybridized carbons (Fsp3) is 0.333. The number of alkyl halides is 6. The third-order valence-electron chi connectivity index (χ3n) is 4.92. The molecule has 2 aromatic carbocycles. The Bertz CT molecular complexity index is 1140. The summed E-state index contributed by atoms with van der Waals surface area (Å²) in [7, 11) is 0. The zero-order valence-electron chi connectivity index (χ0n) is 19.3. The molecule has 0 atom stereocenters. The van der Waals surface area contributed by atoms with Crippen LogP contribution in [0.3, 0.4) is 0 Å². The van der Waals surface area contributed by atoms with Crippen LogP contribution in [0.1, 0.15) is 48.7 Å². The highest BCUT2D eigenvalue weighted by atomic mass is 35.6. The molecule has 0 amide bonds. The Hall–Kier alpha value is -1.54. The van der Waals surface area contributed by atoms with Crippen LogP contribution in [-0.4, -0.2) is 34.0 Å². The Kier molecular flexibility index (Phi) is 9.94. The Balaban J connectivity index is 1.78. The standard InChI is InChI=1S/C24H22Cl6N4O2/c1-3-13-34(14-4-2)17-9-5-16(6-10-17)20(35)36-18-11-7-15(8-12-18)19-31-21(23(25,26)27)33-22(32-19)24(28,29)30/h5-12H,3-4,13-14H2,1-2H3. The lowest BCUT2D eigenvalue weighted by Crippen LogP contribution is -2.24. The van der Waals surface area contributed by atoms with E-state index in [1.807, 2.05) is 12.1 Å². The van der Waals surface area contributed by atoms with Crippen molar-refractivity contribution in [1.29, 1.82) is 0 Å². The fourth-order valence-corrected chi connectivity index (χ4v) is 3.82. The van der Waals surface area contributed by atoms with Gasteiger partial charge in [-0.15, -0.1) is 0 Å². The molecule has 192 valence electrons. The molecule has 3 rings (SSSR count). The number of hydrogen-bond acceptors (Lipinski definition) is 6. The zero-order valence-corrected chi connectivity index (χ0v) is 23.9. The van der Waals surface area contributed by atoms with Gasteiger partial charge in [-0.2, -0.15) is 0 Å². The van der Waals surface area contributed by atoms with Crippen molar-refractivity contribution in [2.24, 2.45) is 0 Å². The number of halogens is 6. The maximum atomic E-state index is 12.7. The predicted octanol–water partition coefficient (Wildman–Crippen LogP) is 8.04. The van der Waals surface area contributed by atoms with Gasteiger partial charge in [0, 0.05) is 24.3 Å². The van der Waals surface area contributed by atoms with Gasteiger partial charge in [-0.25, -0.2) is 19.7 Å². The highest BCUT2D eigenvalue weighted by molar-refractivity contribution is 6.67. The summed E-state index contributed by atoms with van der Waals surface area (Å²) in [5, 5.41) is 0. The summed E-state index contributed by atoms with van der Waals surface area (Å²) in [4.78, 5) is 27.2. The SMILES string of the molecule is CCCN(CCC)c1ccc(C(=O)Oc2ccc(-c3nc(C(Cl)(Cl)Cl)nc(C(Cl)(Cl)Cl)n3)cc2)cc1. The van der Waals surface area contributed by atoms with Crippen molar-refractivity contribution in [3.8, 4) is 17.1 Å². The second-order valence-corrected chi connectivity index (χ2v) is 12.3. The highest BCUT2D eigenvalue weighted by Crippen LogP contribution is 2.40. The molecule has 0 aliphatic heterocycles. The molecule has 0 unspecified atom stereocenters. The van der Waals surface area contributed by atoms with Gasteiger partial charge < -0.3 is 9.64 Å². The molecule has 0 aliphatic carbocycles. The van der Waals surface area contributed by atoms with Gasteiger partial charge in [0.15, 0.2) is 17.5 Å². The van der Waals surface area contributed by atoms with E-state index in [1.54, 1.807) is 36.4 Å². The first kappa shape index (κ1) is 29.0. The summed E-state index contributed by atoms with van der Waals surface area (Å²) in [6.45, 7) is 6.19. The molecule has 0 spiro atoms. The topological polar surface area (TPSA) is 68.2 Å². The molecule has 0 aliphatic rings. The maximum Gasteiger partial charge on any atom is 0.343 e. The van der Waals surface area contributed by atoms with E-state index in [-0.39, 0.29) is 17.5 Å². The van der Waals surface area contributed by atoms with Crippen molar-refractivity contribution in [2.45, 2.75) is 34.3 Å². The number of benzene rings is 2. The van der Waals surface area contributed by atoms with Crippen LogP contribution < -0.4 is 9.64 Å².